The first-order valence-electron chi connectivity index (χ1n) is 26.4. The number of carbonyl (C=O) groups excluding carboxylic acids is 5. The number of H-pyrrole nitrogens is 2. The number of halogens is 2. The van der Waals surface area contributed by atoms with Crippen molar-refractivity contribution in [3.8, 4) is 22.9 Å². The van der Waals surface area contributed by atoms with E-state index in [1.807, 2.05) is 20.8 Å². The molecule has 1 aliphatic rings. The van der Waals surface area contributed by atoms with Gasteiger partial charge in [-0.05, 0) is 107 Å². The molecule has 2 radical (unpaired) electrons. The standard InChI is InChI=1S/C55H71N11O10.BF2/c1-7-26-65-51-49(54(74)66(27-8-2)55(65)75)63-50(64-51)38-15-19-40(20-16-38)76-32-48(71)57-24-25-58-52(72)45(31-67)62-53(73)44(29-37-13-17-39(68)18-14-37)61-47(70)12-10-9-11-23-56-46(69)22-21-41-35(5)36(6)43(60-41)30-42-33(3)28-34(4)59-42;2-1-3/h13-20,28,30,44-45,59,67-68H,7-12,21-27,29,31-32H2,1-6H3,(H,56,69)(H,57,71)(H,58,72)(H,61,70)(H,62,73)(H,63,64);/q;-1/p+1/b43-30-;/t44-,45-;/m0./s1. The van der Waals surface area contributed by atoms with Crippen molar-refractivity contribution in [3.05, 3.63) is 115 Å². The SMILES string of the molecule is CCCn1c(=O)c2[nH]c(-c3ccc(OCC(=O)NCCNC(=O)[C@H](CO)NC(=O)[C@H](Cc4ccc(O)cc4)NC(=O)CCCCCNC(=O)CCC4=[NH+]/C(=C\c5[nH]c(C)cc5C)C(C)=C4C)cc3)nc2n(CCC)c1=O.F[B-]F. The Labute approximate surface area is 457 Å². The highest BCUT2D eigenvalue weighted by molar-refractivity contribution is 6.15. The highest BCUT2D eigenvalue weighted by atomic mass is 19.2. The van der Waals surface area contributed by atoms with Gasteiger partial charge < -0.3 is 60.1 Å². The Morgan fingerprint density at radius 3 is 2.11 bits per heavy atom. The van der Waals surface area contributed by atoms with Crippen molar-refractivity contribution >= 4 is 60.3 Å². The summed E-state index contributed by atoms with van der Waals surface area (Å²) in [6, 6.07) is 12.4. The number of nitrogens with zero attached hydrogens (tertiary/aromatic N) is 3. The molecule has 0 bridgehead atoms. The summed E-state index contributed by atoms with van der Waals surface area (Å²) in [6.45, 7) is 12.1. The van der Waals surface area contributed by atoms with Crippen molar-refractivity contribution < 1.29 is 52.5 Å². The minimum atomic E-state index is -1.37. The molecular formula is C55H72BF2N11O10. The third-order valence-electron chi connectivity index (χ3n) is 13.0. The number of aryl methyl sites for hydroxylation is 3. The van der Waals surface area contributed by atoms with Crippen LogP contribution in [-0.2, 0) is 43.5 Å². The third kappa shape index (κ3) is 18.0. The van der Waals surface area contributed by atoms with Crippen molar-refractivity contribution in [1.82, 2.24) is 50.7 Å². The van der Waals surface area contributed by atoms with E-state index in [1.54, 1.807) is 36.4 Å². The number of aromatic amines is 2. The Morgan fingerprint density at radius 1 is 0.785 bits per heavy atom. The number of aromatic nitrogens is 5. The molecular weight excluding hydrogens is 1020 g/mol. The number of ether oxygens (including phenoxy) is 1. The minimum Gasteiger partial charge on any atom is -0.554 e. The summed E-state index contributed by atoms with van der Waals surface area (Å²) < 4.78 is 27.4. The van der Waals surface area contributed by atoms with Crippen LogP contribution in [0, 0.1) is 13.8 Å². The van der Waals surface area contributed by atoms with E-state index in [9.17, 15) is 52.4 Å². The summed E-state index contributed by atoms with van der Waals surface area (Å²) in [6.07, 6.45) is 6.21. The van der Waals surface area contributed by atoms with E-state index in [0.717, 1.165) is 39.5 Å². The second kappa shape index (κ2) is 30.7. The molecule has 5 amide bonds. The number of benzene rings is 2. The topological polar surface area (TPSA) is 298 Å². The quantitative estimate of drug-likeness (QED) is 0.0257. The van der Waals surface area contributed by atoms with Crippen molar-refractivity contribution in [2.24, 2.45) is 0 Å². The van der Waals surface area contributed by atoms with Crippen LogP contribution in [0.2, 0.25) is 0 Å². The number of phenolic OH excluding ortho intramolecular Hbond substituents is 1. The lowest BCUT2D eigenvalue weighted by molar-refractivity contribution is -0.387. The number of aromatic hydroxyl groups is 1. The number of aliphatic hydroxyl groups is 1. The van der Waals surface area contributed by atoms with Crippen LogP contribution in [0.15, 0.2) is 81.0 Å². The van der Waals surface area contributed by atoms with Crippen LogP contribution in [0.25, 0.3) is 28.6 Å². The average Bonchev–Trinajstić information content (AvgIpc) is 4.34. The van der Waals surface area contributed by atoms with E-state index in [4.69, 9.17) is 4.74 Å². The predicted octanol–water partition coefficient (Wildman–Crippen LogP) is 2.67. The maximum Gasteiger partial charge on any atom is 0.332 e. The monoisotopic (exact) mass is 1100 g/mol. The Kier molecular flexibility index (Phi) is 24.0. The van der Waals surface area contributed by atoms with Gasteiger partial charge in [-0.1, -0.05) is 32.4 Å². The Hall–Kier alpha value is -8.15. The zero-order chi connectivity index (χ0) is 57.6. The van der Waals surface area contributed by atoms with Crippen molar-refractivity contribution in [2.75, 3.05) is 32.8 Å². The van der Waals surface area contributed by atoms with E-state index in [0.29, 0.717) is 87.3 Å². The van der Waals surface area contributed by atoms with Crippen molar-refractivity contribution in [2.45, 2.75) is 125 Å². The van der Waals surface area contributed by atoms with Gasteiger partial charge in [0.25, 0.3) is 11.5 Å². The van der Waals surface area contributed by atoms with Gasteiger partial charge in [0.2, 0.25) is 29.3 Å². The summed E-state index contributed by atoms with van der Waals surface area (Å²) in [5.74, 6) is -1.58. The van der Waals surface area contributed by atoms with Gasteiger partial charge in [0, 0.05) is 92.6 Å². The lowest BCUT2D eigenvalue weighted by Crippen LogP contribution is -2.68. The maximum atomic E-state index is 13.6. The molecule has 21 nitrogen and oxygen atoms in total. The molecule has 3 aromatic heterocycles. The number of amides is 5. The van der Waals surface area contributed by atoms with E-state index < -0.39 is 61.4 Å². The Balaban J connectivity index is 0.00000374. The number of unbranched alkanes of at least 4 members (excludes halogenated alkanes) is 2. The van der Waals surface area contributed by atoms with Crippen molar-refractivity contribution in [3.63, 3.8) is 0 Å². The third-order valence-corrected chi connectivity index (χ3v) is 13.0. The zero-order valence-electron chi connectivity index (χ0n) is 45.6. The van der Waals surface area contributed by atoms with Crippen LogP contribution >= 0.6 is 0 Å². The first kappa shape index (κ1) is 61.7. The fraction of sp³-hybridized carbons (Fsp3) is 0.436. The fourth-order valence-corrected chi connectivity index (χ4v) is 8.74. The number of hydrogen-bond donors (Lipinski definition) is 10. The second-order valence-electron chi connectivity index (χ2n) is 19.1. The predicted molar refractivity (Wildman–Crippen MR) is 296 cm³/mol. The first-order valence-corrected chi connectivity index (χ1v) is 26.4. The molecule has 2 aromatic carbocycles. The summed E-state index contributed by atoms with van der Waals surface area (Å²) in [4.78, 5) is 106. The fourth-order valence-electron chi connectivity index (χ4n) is 8.74. The van der Waals surface area contributed by atoms with E-state index in [2.05, 4.69) is 79.4 Å². The average molecular weight is 1100 g/mol. The molecule has 6 rings (SSSR count). The van der Waals surface area contributed by atoms with Crippen LogP contribution in [0.4, 0.5) is 8.63 Å². The molecule has 4 heterocycles. The van der Waals surface area contributed by atoms with Crippen LogP contribution in [0.3, 0.4) is 0 Å². The number of imidazole rings is 1. The Morgan fingerprint density at radius 2 is 1.46 bits per heavy atom. The lowest BCUT2D eigenvalue weighted by atomic mass is 10.0. The first-order chi connectivity index (χ1) is 37.9. The second-order valence-corrected chi connectivity index (χ2v) is 19.1. The molecule has 79 heavy (non-hydrogen) atoms. The largest absolute Gasteiger partial charge is 0.554 e. The van der Waals surface area contributed by atoms with Gasteiger partial charge in [0.15, 0.2) is 18.0 Å². The molecule has 0 spiro atoms. The van der Waals surface area contributed by atoms with Gasteiger partial charge in [-0.15, -0.1) is 0 Å². The molecule has 0 fully saturated rings. The minimum absolute atomic E-state index is 0.00263. The summed E-state index contributed by atoms with van der Waals surface area (Å²) in [5.41, 5.74) is 8.58. The van der Waals surface area contributed by atoms with E-state index in [1.165, 1.54) is 21.3 Å². The van der Waals surface area contributed by atoms with Crippen molar-refractivity contribution in [1.29, 1.82) is 0 Å². The number of nitrogens with one attached hydrogen (secondary N) is 8. The highest BCUT2D eigenvalue weighted by Crippen LogP contribution is 2.23. The van der Waals surface area contributed by atoms with Crippen LogP contribution < -0.4 is 47.6 Å². The smallest absolute Gasteiger partial charge is 0.332 e. The number of rotatable bonds is 28. The summed E-state index contributed by atoms with van der Waals surface area (Å²) in [7, 11) is -1.00. The zero-order valence-corrected chi connectivity index (χ0v) is 45.6. The Bertz CT molecular complexity index is 3130. The molecule has 24 heteroatoms. The molecule has 0 unspecified atom stereocenters. The molecule has 1 aliphatic heterocycles. The molecule has 2 atom stereocenters. The lowest BCUT2D eigenvalue weighted by Gasteiger charge is -2.22. The number of hydrogen-bond acceptors (Lipinski definition) is 11. The van der Waals surface area contributed by atoms with Gasteiger partial charge >= 0.3 is 5.69 Å². The van der Waals surface area contributed by atoms with E-state index in [-0.39, 0.29) is 55.4 Å². The van der Waals surface area contributed by atoms with Crippen LogP contribution in [0.1, 0.15) is 102 Å². The number of phenols is 1. The van der Waals surface area contributed by atoms with Gasteiger partial charge in [0.1, 0.15) is 42.8 Å². The van der Waals surface area contributed by atoms with E-state index >= 15 is 0 Å². The van der Waals surface area contributed by atoms with Crippen LogP contribution in [-0.4, -0.2) is 122 Å². The van der Waals surface area contributed by atoms with Gasteiger partial charge in [-0.2, -0.15) is 0 Å². The van der Waals surface area contributed by atoms with Gasteiger partial charge in [-0.3, -0.25) is 37.9 Å². The number of aliphatic hydroxyl groups excluding tert-OH is 1. The van der Waals surface area contributed by atoms with Gasteiger partial charge in [-0.25, -0.2) is 14.8 Å². The molecule has 10 N–H and O–H groups in total. The number of fused-ring (bicyclic) bond motifs is 1. The summed E-state index contributed by atoms with van der Waals surface area (Å²) in [5, 5.41) is 33.3. The van der Waals surface area contributed by atoms with Crippen LogP contribution in [0.5, 0.6) is 11.5 Å². The number of allylic oxidation sites excluding steroid dienone is 2. The van der Waals surface area contributed by atoms with Gasteiger partial charge in [0.05, 0.1) is 6.61 Å². The highest BCUT2D eigenvalue weighted by Gasteiger charge is 2.28. The molecule has 0 saturated carbocycles. The normalized spacial score (nSPS) is 13.3. The molecule has 5 aromatic rings. The molecule has 0 saturated heterocycles. The maximum absolute atomic E-state index is 13.6. The molecule has 0 aliphatic carbocycles. The number of carbonyl (C=O) groups is 5. The summed E-state index contributed by atoms with van der Waals surface area (Å²) >= 11 is 0. The molecule has 424 valence electrons.